The highest BCUT2D eigenvalue weighted by Gasteiger charge is 2.53. The number of H-pyrrole nitrogens is 1. The van der Waals surface area contributed by atoms with Gasteiger partial charge in [-0.05, 0) is 24.8 Å². The van der Waals surface area contributed by atoms with E-state index in [1.54, 1.807) is 6.08 Å². The number of aliphatic hydroxyl groups excluding tert-OH is 8. The van der Waals surface area contributed by atoms with Crippen molar-refractivity contribution >= 4 is 11.8 Å². The highest BCUT2D eigenvalue weighted by Crippen LogP contribution is 2.34. The zero-order valence-corrected chi connectivity index (χ0v) is 32.4. The molecule has 4 rings (SSSR count). The standard InChI is InChI=1S/C37H60N4O16/c1-18(2)12-10-8-6-4-5-7-9-11-13-23(45)39-26-30(50)27(47)21(54-36(26)57-35-25(38-19(3)43)29(49)28(48)22(17-42)55-35)16-20(44)33-31(51)32(52)34(56-33)41-15-14-24(46)40-37(41)53/h11,13-15,18,20-22,25-36,42,44,47-52H,4-10,12,16-17H2,1-3H3,(H,38,43)(H,39,45)(H,40,46,53)/b13-11+/t20?,21?,22-,25-,26-,27+,28-,29-,30-,31+,32-,33-,34-,35?,36+/m1/s1. The van der Waals surface area contributed by atoms with E-state index in [-0.39, 0.29) is 0 Å². The molecule has 3 aliphatic rings. The van der Waals surface area contributed by atoms with Crippen LogP contribution in [0.1, 0.15) is 84.8 Å². The number of hydrogen-bond acceptors (Lipinski definition) is 16. The highest BCUT2D eigenvalue weighted by molar-refractivity contribution is 5.87. The van der Waals surface area contributed by atoms with Gasteiger partial charge in [0.2, 0.25) is 11.8 Å². The summed E-state index contributed by atoms with van der Waals surface area (Å²) in [5.41, 5.74) is -1.68. The summed E-state index contributed by atoms with van der Waals surface area (Å²) in [5.74, 6) is -0.665. The minimum absolute atomic E-state index is 0.598. The lowest BCUT2D eigenvalue weighted by atomic mass is 9.91. The van der Waals surface area contributed by atoms with E-state index in [1.165, 1.54) is 25.3 Å². The van der Waals surface area contributed by atoms with E-state index >= 15 is 0 Å². The SMILES string of the molecule is CC(=O)N[C@H]1C(O[C@@H]2OC(CC(O)[C@H]3O[C@@H](n4ccc(=O)[nH]c4=O)[C@H](O)[C@@H]3O)[C@H](O)[C@H](O)[C@H]2NC(=O)/C=C/CCCCCCCCC(C)C)O[C@H](CO)[C@@H](O)[C@@H]1O. The zero-order chi connectivity index (χ0) is 42.0. The van der Waals surface area contributed by atoms with Crippen LogP contribution in [0.3, 0.4) is 0 Å². The van der Waals surface area contributed by atoms with Crippen molar-refractivity contribution in [2.24, 2.45) is 5.92 Å². The van der Waals surface area contributed by atoms with Crippen LogP contribution in [0.15, 0.2) is 34.0 Å². The Hall–Kier alpha value is -3.12. The van der Waals surface area contributed by atoms with Crippen molar-refractivity contribution in [2.75, 3.05) is 6.61 Å². The van der Waals surface area contributed by atoms with Crippen molar-refractivity contribution in [3.05, 3.63) is 45.3 Å². The van der Waals surface area contributed by atoms with Crippen molar-refractivity contribution in [2.45, 2.75) is 170 Å². The van der Waals surface area contributed by atoms with Crippen LogP contribution in [0.2, 0.25) is 0 Å². The summed E-state index contributed by atoms with van der Waals surface area (Å²) in [7, 11) is 0. The molecule has 0 spiro atoms. The van der Waals surface area contributed by atoms with E-state index < -0.39 is 128 Å². The second-order valence-corrected chi connectivity index (χ2v) is 15.4. The van der Waals surface area contributed by atoms with Gasteiger partial charge in [-0.15, -0.1) is 0 Å². The Bertz CT molecular complexity index is 1570. The fourth-order valence-electron chi connectivity index (χ4n) is 7.27. The van der Waals surface area contributed by atoms with Crippen LogP contribution in [0.4, 0.5) is 0 Å². The number of aliphatic hydroxyl groups is 8. The van der Waals surface area contributed by atoms with Crippen LogP contribution in [0.5, 0.6) is 0 Å². The van der Waals surface area contributed by atoms with Crippen LogP contribution < -0.4 is 21.9 Å². The van der Waals surface area contributed by atoms with Crippen LogP contribution in [0, 0.1) is 5.92 Å². The van der Waals surface area contributed by atoms with Gasteiger partial charge < -0.3 is 70.4 Å². The van der Waals surface area contributed by atoms with Gasteiger partial charge in [0, 0.05) is 25.6 Å². The number of rotatable bonds is 19. The molecule has 324 valence electrons. The van der Waals surface area contributed by atoms with Gasteiger partial charge >= 0.3 is 5.69 Å². The lowest BCUT2D eigenvalue weighted by Crippen LogP contribution is -2.68. The normalized spacial score (nSPS) is 35.1. The van der Waals surface area contributed by atoms with Gasteiger partial charge in [-0.3, -0.25) is 23.9 Å². The molecule has 11 N–H and O–H groups in total. The number of aromatic amines is 1. The summed E-state index contributed by atoms with van der Waals surface area (Å²) in [4.78, 5) is 51.0. The van der Waals surface area contributed by atoms with Gasteiger partial charge in [0.25, 0.3) is 5.56 Å². The van der Waals surface area contributed by atoms with Crippen molar-refractivity contribution in [3.8, 4) is 0 Å². The predicted octanol–water partition coefficient (Wildman–Crippen LogP) is -2.87. The average molecular weight is 817 g/mol. The topological polar surface area (TPSA) is 312 Å². The third-order valence-electron chi connectivity index (χ3n) is 10.5. The molecule has 1 aromatic heterocycles. The van der Waals surface area contributed by atoms with Crippen LogP contribution in [-0.4, -0.2) is 155 Å². The molecule has 3 saturated heterocycles. The molecular formula is C37H60N4O16. The first-order chi connectivity index (χ1) is 27.0. The number of nitrogens with one attached hydrogen (secondary N) is 3. The monoisotopic (exact) mass is 816 g/mol. The Balaban J connectivity index is 1.48. The third kappa shape index (κ3) is 12.4. The van der Waals surface area contributed by atoms with E-state index in [1.807, 2.05) is 4.98 Å². The van der Waals surface area contributed by atoms with Gasteiger partial charge in [0.15, 0.2) is 18.8 Å². The minimum Gasteiger partial charge on any atom is -0.394 e. The Kier molecular flexibility index (Phi) is 17.8. The summed E-state index contributed by atoms with van der Waals surface area (Å²) < 4.78 is 24.1. The van der Waals surface area contributed by atoms with Crippen molar-refractivity contribution in [3.63, 3.8) is 0 Å². The van der Waals surface area contributed by atoms with Crippen molar-refractivity contribution in [1.29, 1.82) is 0 Å². The molecule has 3 unspecified atom stereocenters. The predicted molar refractivity (Wildman–Crippen MR) is 198 cm³/mol. The van der Waals surface area contributed by atoms with Crippen LogP contribution >= 0.6 is 0 Å². The Morgan fingerprint density at radius 1 is 0.842 bits per heavy atom. The van der Waals surface area contributed by atoms with E-state index in [4.69, 9.17) is 18.9 Å². The molecule has 0 bridgehead atoms. The number of nitrogens with zero attached hydrogens (tertiary/aromatic N) is 1. The van der Waals surface area contributed by atoms with E-state index in [9.17, 15) is 60.0 Å². The lowest BCUT2D eigenvalue weighted by molar-refractivity contribution is -0.346. The van der Waals surface area contributed by atoms with E-state index in [2.05, 4.69) is 24.5 Å². The molecule has 20 nitrogen and oxygen atoms in total. The first-order valence-corrected chi connectivity index (χ1v) is 19.6. The third-order valence-corrected chi connectivity index (χ3v) is 10.5. The lowest BCUT2D eigenvalue weighted by Gasteiger charge is -2.47. The van der Waals surface area contributed by atoms with Crippen molar-refractivity contribution < 1.29 is 69.4 Å². The minimum atomic E-state index is -1.85. The first kappa shape index (κ1) is 46.6. The molecule has 4 heterocycles. The molecule has 2 amide bonds. The van der Waals surface area contributed by atoms with E-state index in [0.29, 0.717) is 12.3 Å². The Labute approximate surface area is 329 Å². The molecule has 0 radical (unpaired) electrons. The van der Waals surface area contributed by atoms with Crippen LogP contribution in [-0.2, 0) is 28.5 Å². The molecule has 3 aliphatic heterocycles. The van der Waals surface area contributed by atoms with Gasteiger partial charge in [-0.25, -0.2) is 4.79 Å². The Morgan fingerprint density at radius 2 is 1.44 bits per heavy atom. The number of carbonyl (C=O) groups excluding carboxylic acids is 2. The number of amides is 2. The molecular weight excluding hydrogens is 756 g/mol. The number of unbranched alkanes of at least 4 members (excludes halogenated alkanes) is 6. The van der Waals surface area contributed by atoms with Crippen molar-refractivity contribution in [1.82, 2.24) is 20.2 Å². The maximum Gasteiger partial charge on any atom is 0.330 e. The fourth-order valence-corrected chi connectivity index (χ4v) is 7.27. The van der Waals surface area contributed by atoms with Gasteiger partial charge in [0.1, 0.15) is 60.9 Å². The zero-order valence-electron chi connectivity index (χ0n) is 32.4. The molecule has 0 aromatic carbocycles. The summed E-state index contributed by atoms with van der Waals surface area (Å²) in [6.07, 6.45) is -10.3. The maximum atomic E-state index is 13.1. The molecule has 15 atom stereocenters. The number of ether oxygens (including phenoxy) is 4. The second-order valence-electron chi connectivity index (χ2n) is 15.4. The highest BCUT2D eigenvalue weighted by atomic mass is 16.8. The first-order valence-electron chi connectivity index (χ1n) is 19.6. The summed E-state index contributed by atoms with van der Waals surface area (Å²) in [6, 6.07) is -2.01. The molecule has 20 heteroatoms. The molecule has 1 aromatic rings. The Morgan fingerprint density at radius 3 is 2.05 bits per heavy atom. The number of allylic oxidation sites excluding steroid dienone is 1. The number of aromatic nitrogens is 2. The largest absolute Gasteiger partial charge is 0.394 e. The van der Waals surface area contributed by atoms with Gasteiger partial charge in [-0.2, -0.15) is 0 Å². The van der Waals surface area contributed by atoms with Crippen LogP contribution in [0.25, 0.3) is 0 Å². The summed E-state index contributed by atoms with van der Waals surface area (Å²) >= 11 is 0. The maximum absolute atomic E-state index is 13.1. The molecule has 0 saturated carbocycles. The quantitative estimate of drug-likeness (QED) is 0.0494. The fraction of sp³-hybridized carbons (Fsp3) is 0.784. The molecule has 0 aliphatic carbocycles. The number of hydrogen-bond donors (Lipinski definition) is 11. The average Bonchev–Trinajstić information content (AvgIpc) is 3.45. The number of carbonyl (C=O) groups is 2. The molecule has 3 fully saturated rings. The second kappa shape index (κ2) is 21.8. The van der Waals surface area contributed by atoms with E-state index in [0.717, 1.165) is 49.4 Å². The van der Waals surface area contributed by atoms with Gasteiger partial charge in [-0.1, -0.05) is 58.4 Å². The molecule has 57 heavy (non-hydrogen) atoms. The smallest absolute Gasteiger partial charge is 0.330 e. The summed E-state index contributed by atoms with van der Waals surface area (Å²) in [6.45, 7) is 4.75. The summed E-state index contributed by atoms with van der Waals surface area (Å²) in [5, 5.41) is 91.3. The van der Waals surface area contributed by atoms with Gasteiger partial charge in [0.05, 0.1) is 18.8 Å².